The van der Waals surface area contributed by atoms with Crippen LogP contribution in [0.3, 0.4) is 0 Å². The highest BCUT2D eigenvalue weighted by Gasteiger charge is 2.22. The molecule has 0 aliphatic carbocycles. The van der Waals surface area contributed by atoms with Gasteiger partial charge in [0.2, 0.25) is 0 Å². The van der Waals surface area contributed by atoms with Crippen molar-refractivity contribution in [3.8, 4) is 11.8 Å². The Kier molecular flexibility index (Phi) is 3.72. The number of hydrogen-bond acceptors (Lipinski definition) is 4. The monoisotopic (exact) mass is 252 g/mol. The lowest BCUT2D eigenvalue weighted by Gasteiger charge is -2.32. The normalized spacial score (nSPS) is 19.8. The maximum absolute atomic E-state index is 8.88. The van der Waals surface area contributed by atoms with Crippen molar-refractivity contribution in [2.45, 2.75) is 6.10 Å². The smallest absolute Gasteiger partial charge is 0.161 e. The minimum absolute atomic E-state index is 0.396. The molecule has 0 N–H and O–H groups in total. The molecule has 1 atom stereocenters. The molecule has 0 spiro atoms. The Morgan fingerprint density at radius 2 is 2.41 bits per heavy atom. The molecule has 0 radical (unpaired) electrons. The number of hydrogen-bond donors (Lipinski definition) is 0. The molecule has 1 aromatic carbocycles. The molecule has 1 aliphatic rings. The van der Waals surface area contributed by atoms with E-state index in [1.165, 1.54) is 0 Å². The van der Waals surface area contributed by atoms with Crippen molar-refractivity contribution in [3.63, 3.8) is 0 Å². The van der Waals surface area contributed by atoms with Crippen molar-refractivity contribution in [2.75, 3.05) is 31.7 Å². The molecule has 1 unspecified atom stereocenters. The quantitative estimate of drug-likeness (QED) is 0.809. The lowest BCUT2D eigenvalue weighted by molar-refractivity contribution is 0.0763. The summed E-state index contributed by atoms with van der Waals surface area (Å²) in [6, 6.07) is 7.58. The number of morpholine rings is 1. The average Bonchev–Trinajstić information content (AvgIpc) is 2.39. The first-order chi connectivity index (χ1) is 8.24. The van der Waals surface area contributed by atoms with E-state index in [4.69, 9.17) is 26.3 Å². The number of benzene rings is 1. The highest BCUT2D eigenvalue weighted by Crippen LogP contribution is 2.32. The predicted molar refractivity (Wildman–Crippen MR) is 65.6 cm³/mol. The molecule has 1 aromatic rings. The van der Waals surface area contributed by atoms with Gasteiger partial charge in [-0.2, -0.15) is 5.26 Å². The number of nitrogens with zero attached hydrogens (tertiary/aromatic N) is 2. The molecule has 1 fully saturated rings. The minimum atomic E-state index is -0.396. The van der Waals surface area contributed by atoms with Crippen molar-refractivity contribution in [1.29, 1.82) is 5.26 Å². The maximum atomic E-state index is 8.88. The van der Waals surface area contributed by atoms with Gasteiger partial charge in [0.05, 0.1) is 32.0 Å². The molecule has 5 heteroatoms. The van der Waals surface area contributed by atoms with E-state index in [-0.39, 0.29) is 0 Å². The summed E-state index contributed by atoms with van der Waals surface area (Å²) >= 11 is 5.98. The van der Waals surface area contributed by atoms with Crippen LogP contribution in [0.25, 0.3) is 0 Å². The highest BCUT2D eigenvalue weighted by atomic mass is 35.5. The average molecular weight is 253 g/mol. The van der Waals surface area contributed by atoms with Crippen molar-refractivity contribution < 1.29 is 9.47 Å². The Hall–Kier alpha value is -1.44. The highest BCUT2D eigenvalue weighted by molar-refractivity contribution is 6.30. The van der Waals surface area contributed by atoms with Gasteiger partial charge >= 0.3 is 0 Å². The molecular formula is C12H13ClN2O2. The van der Waals surface area contributed by atoms with E-state index in [2.05, 4.69) is 11.0 Å². The summed E-state index contributed by atoms with van der Waals surface area (Å²) in [5.74, 6) is 0.757. The molecule has 2 rings (SSSR count). The van der Waals surface area contributed by atoms with Gasteiger partial charge in [-0.1, -0.05) is 11.6 Å². The van der Waals surface area contributed by atoms with E-state index in [0.717, 1.165) is 18.0 Å². The van der Waals surface area contributed by atoms with Gasteiger partial charge in [0, 0.05) is 11.6 Å². The molecule has 0 bridgehead atoms. The van der Waals surface area contributed by atoms with Gasteiger partial charge in [-0.3, -0.25) is 0 Å². The van der Waals surface area contributed by atoms with Crippen LogP contribution in [0.1, 0.15) is 0 Å². The summed E-state index contributed by atoms with van der Waals surface area (Å²) in [6.45, 7) is 1.80. The van der Waals surface area contributed by atoms with Gasteiger partial charge in [-0.25, -0.2) is 0 Å². The van der Waals surface area contributed by atoms with Crippen molar-refractivity contribution >= 4 is 17.3 Å². The van der Waals surface area contributed by atoms with Crippen LogP contribution in [0.4, 0.5) is 5.69 Å². The third-order valence-electron chi connectivity index (χ3n) is 2.69. The van der Waals surface area contributed by atoms with Crippen molar-refractivity contribution in [2.24, 2.45) is 0 Å². The fourth-order valence-corrected chi connectivity index (χ4v) is 2.02. The summed E-state index contributed by atoms with van der Waals surface area (Å²) in [5.41, 5.74) is 0.906. The zero-order chi connectivity index (χ0) is 12.3. The van der Waals surface area contributed by atoms with Crippen LogP contribution >= 0.6 is 11.6 Å². The lowest BCUT2D eigenvalue weighted by atomic mass is 10.2. The zero-order valence-electron chi connectivity index (χ0n) is 9.52. The van der Waals surface area contributed by atoms with Gasteiger partial charge in [-0.05, 0) is 18.2 Å². The van der Waals surface area contributed by atoms with Crippen LogP contribution in [-0.4, -0.2) is 32.9 Å². The maximum Gasteiger partial charge on any atom is 0.161 e. The summed E-state index contributed by atoms with van der Waals surface area (Å²) in [7, 11) is 1.62. The van der Waals surface area contributed by atoms with Crippen LogP contribution in [0, 0.1) is 11.3 Å². The SMILES string of the molecule is COc1ccc(Cl)cc1N1CCOC(C#N)C1. The second-order valence-electron chi connectivity index (χ2n) is 3.75. The first-order valence-corrected chi connectivity index (χ1v) is 5.72. The summed E-state index contributed by atoms with van der Waals surface area (Å²) < 4.78 is 10.6. The number of ether oxygens (including phenoxy) is 2. The number of halogens is 1. The van der Waals surface area contributed by atoms with Crippen molar-refractivity contribution in [3.05, 3.63) is 23.2 Å². The molecule has 1 saturated heterocycles. The zero-order valence-corrected chi connectivity index (χ0v) is 10.3. The molecular weight excluding hydrogens is 240 g/mol. The first kappa shape index (κ1) is 12.0. The molecule has 90 valence electrons. The van der Waals surface area contributed by atoms with Crippen molar-refractivity contribution in [1.82, 2.24) is 0 Å². The molecule has 1 aliphatic heterocycles. The number of methoxy groups -OCH3 is 1. The Morgan fingerprint density at radius 1 is 1.59 bits per heavy atom. The topological polar surface area (TPSA) is 45.5 Å². The van der Waals surface area contributed by atoms with E-state index in [1.54, 1.807) is 13.2 Å². The number of nitriles is 1. The molecule has 1 heterocycles. The third kappa shape index (κ3) is 2.63. The molecule has 0 saturated carbocycles. The minimum Gasteiger partial charge on any atom is -0.495 e. The van der Waals surface area contributed by atoms with Crippen LogP contribution in [0.15, 0.2) is 18.2 Å². The van der Waals surface area contributed by atoms with Gasteiger partial charge in [0.25, 0.3) is 0 Å². The van der Waals surface area contributed by atoms with Crippen LogP contribution < -0.4 is 9.64 Å². The lowest BCUT2D eigenvalue weighted by Crippen LogP contribution is -2.42. The Balaban J connectivity index is 2.26. The Morgan fingerprint density at radius 3 is 3.12 bits per heavy atom. The largest absolute Gasteiger partial charge is 0.495 e. The van der Waals surface area contributed by atoms with E-state index >= 15 is 0 Å². The Labute approximate surface area is 105 Å². The second-order valence-corrected chi connectivity index (χ2v) is 4.19. The van der Waals surface area contributed by atoms with E-state index in [9.17, 15) is 0 Å². The summed E-state index contributed by atoms with van der Waals surface area (Å²) in [4.78, 5) is 2.06. The number of rotatable bonds is 2. The number of anilines is 1. The first-order valence-electron chi connectivity index (χ1n) is 5.34. The summed E-state index contributed by atoms with van der Waals surface area (Å²) in [5, 5.41) is 9.53. The van der Waals surface area contributed by atoms with Crippen LogP contribution in [0.5, 0.6) is 5.75 Å². The van der Waals surface area contributed by atoms with E-state index in [0.29, 0.717) is 18.2 Å². The molecule has 17 heavy (non-hydrogen) atoms. The van der Waals surface area contributed by atoms with E-state index in [1.807, 2.05) is 12.1 Å². The fraction of sp³-hybridized carbons (Fsp3) is 0.417. The molecule has 4 nitrogen and oxygen atoms in total. The van der Waals surface area contributed by atoms with Gasteiger partial charge in [0.1, 0.15) is 5.75 Å². The van der Waals surface area contributed by atoms with Gasteiger partial charge in [0.15, 0.2) is 6.10 Å². The molecule has 0 aromatic heterocycles. The fourth-order valence-electron chi connectivity index (χ4n) is 1.86. The second kappa shape index (κ2) is 5.26. The molecule has 0 amide bonds. The third-order valence-corrected chi connectivity index (χ3v) is 2.93. The van der Waals surface area contributed by atoms with Crippen LogP contribution in [-0.2, 0) is 4.74 Å². The standard InChI is InChI=1S/C12H13ClN2O2/c1-16-12-3-2-9(13)6-11(12)15-4-5-17-10(7-14)8-15/h2-3,6,10H,4-5,8H2,1H3. The predicted octanol–water partition coefficient (Wildman–Crippen LogP) is 2.08. The van der Waals surface area contributed by atoms with E-state index < -0.39 is 6.10 Å². The Bertz CT molecular complexity index is 445. The van der Waals surface area contributed by atoms with Crippen LogP contribution in [0.2, 0.25) is 5.02 Å². The van der Waals surface area contributed by atoms with Gasteiger partial charge in [-0.15, -0.1) is 0 Å². The van der Waals surface area contributed by atoms with Gasteiger partial charge < -0.3 is 14.4 Å². The summed E-state index contributed by atoms with van der Waals surface area (Å²) in [6.07, 6.45) is -0.396.